The molecule has 0 saturated carbocycles. The van der Waals surface area contributed by atoms with Crippen LogP contribution in [0.3, 0.4) is 0 Å². The van der Waals surface area contributed by atoms with Crippen molar-refractivity contribution >= 4 is 28.9 Å². The third-order valence-electron chi connectivity index (χ3n) is 4.52. The van der Waals surface area contributed by atoms with Crippen molar-refractivity contribution in [2.75, 3.05) is 36.7 Å². The fourth-order valence-electron chi connectivity index (χ4n) is 2.90. The summed E-state index contributed by atoms with van der Waals surface area (Å²) in [6.45, 7) is 1.86. The molecular weight excluding hydrogens is 378 g/mol. The summed E-state index contributed by atoms with van der Waals surface area (Å²) in [5, 5.41) is 6.21. The summed E-state index contributed by atoms with van der Waals surface area (Å²) in [5.74, 6) is 3.05. The van der Waals surface area contributed by atoms with Crippen LogP contribution in [0.5, 0.6) is 5.75 Å². The fourth-order valence-corrected chi connectivity index (χ4v) is 2.90. The molecular formula is C23H27N5O2. The van der Waals surface area contributed by atoms with Crippen LogP contribution in [0.4, 0.5) is 23.0 Å². The van der Waals surface area contributed by atoms with Gasteiger partial charge in [-0.25, -0.2) is 9.97 Å². The maximum absolute atomic E-state index is 12.3. The number of nitrogens with one attached hydrogen (secondary N) is 2. The van der Waals surface area contributed by atoms with Gasteiger partial charge in [0.25, 0.3) is 0 Å². The molecule has 0 fully saturated rings. The molecule has 1 aromatic heterocycles. The average Bonchev–Trinajstić information content (AvgIpc) is 2.73. The van der Waals surface area contributed by atoms with Crippen molar-refractivity contribution in [1.29, 1.82) is 0 Å². The van der Waals surface area contributed by atoms with Crippen LogP contribution in [0, 0.1) is 6.92 Å². The van der Waals surface area contributed by atoms with Gasteiger partial charge >= 0.3 is 0 Å². The minimum atomic E-state index is -0.0198. The number of methoxy groups -OCH3 is 1. The molecule has 1 amide bonds. The standard InChI is InChI=1S/C23H27N5O2/c1-16-24-21(15-22(25-16)28(2)3)26-18-8-10-19(11-9-18)27-23(29)14-7-17-5-12-20(30-4)13-6-17/h5-6,8-13,15H,7,14H2,1-4H3,(H,27,29)(H,24,25,26). The van der Waals surface area contributed by atoms with Gasteiger partial charge in [0.15, 0.2) is 0 Å². The predicted molar refractivity (Wildman–Crippen MR) is 121 cm³/mol. The van der Waals surface area contributed by atoms with E-state index >= 15 is 0 Å². The molecule has 0 spiro atoms. The smallest absolute Gasteiger partial charge is 0.224 e. The molecule has 0 aliphatic carbocycles. The highest BCUT2D eigenvalue weighted by atomic mass is 16.5. The summed E-state index contributed by atoms with van der Waals surface area (Å²) in [5.41, 5.74) is 2.74. The number of carbonyl (C=O) groups excluding carboxylic acids is 1. The van der Waals surface area contributed by atoms with Gasteiger partial charge in [-0.3, -0.25) is 4.79 Å². The van der Waals surface area contributed by atoms with Crippen LogP contribution in [0.25, 0.3) is 0 Å². The minimum absolute atomic E-state index is 0.0198. The van der Waals surface area contributed by atoms with E-state index in [1.165, 1.54) is 0 Å². The largest absolute Gasteiger partial charge is 0.497 e. The molecule has 0 radical (unpaired) electrons. The Morgan fingerprint density at radius 3 is 2.30 bits per heavy atom. The van der Waals surface area contributed by atoms with Crippen molar-refractivity contribution in [3.05, 3.63) is 66.0 Å². The minimum Gasteiger partial charge on any atom is -0.497 e. The van der Waals surface area contributed by atoms with E-state index in [1.807, 2.05) is 80.5 Å². The van der Waals surface area contributed by atoms with Gasteiger partial charge in [-0.05, 0) is 55.3 Å². The number of hydrogen-bond acceptors (Lipinski definition) is 6. The number of nitrogens with zero attached hydrogens (tertiary/aromatic N) is 3. The highest BCUT2D eigenvalue weighted by Crippen LogP contribution is 2.21. The first-order chi connectivity index (χ1) is 14.4. The van der Waals surface area contributed by atoms with Gasteiger partial charge in [-0.15, -0.1) is 0 Å². The number of rotatable bonds is 8. The van der Waals surface area contributed by atoms with Gasteiger partial charge in [0.05, 0.1) is 7.11 Å². The Balaban J connectivity index is 1.54. The van der Waals surface area contributed by atoms with Crippen LogP contribution >= 0.6 is 0 Å². The van der Waals surface area contributed by atoms with Gasteiger partial charge in [-0.1, -0.05) is 12.1 Å². The molecule has 0 aliphatic heterocycles. The zero-order valence-corrected chi connectivity index (χ0v) is 17.8. The van der Waals surface area contributed by atoms with Crippen LogP contribution in [-0.2, 0) is 11.2 Å². The van der Waals surface area contributed by atoms with Crippen LogP contribution in [0.2, 0.25) is 0 Å². The zero-order valence-electron chi connectivity index (χ0n) is 17.8. The molecule has 3 rings (SSSR count). The summed E-state index contributed by atoms with van der Waals surface area (Å²) >= 11 is 0. The Morgan fingerprint density at radius 1 is 1.00 bits per heavy atom. The van der Waals surface area contributed by atoms with Crippen molar-refractivity contribution in [2.24, 2.45) is 0 Å². The van der Waals surface area contributed by atoms with Crippen LogP contribution in [0.1, 0.15) is 17.8 Å². The third kappa shape index (κ3) is 5.94. The van der Waals surface area contributed by atoms with Crippen molar-refractivity contribution in [3.63, 3.8) is 0 Å². The lowest BCUT2D eigenvalue weighted by atomic mass is 10.1. The second-order valence-electron chi connectivity index (χ2n) is 7.15. The number of anilines is 4. The molecule has 7 heteroatoms. The Hall–Kier alpha value is -3.61. The summed E-state index contributed by atoms with van der Waals surface area (Å²) in [4.78, 5) is 23.0. The second kappa shape index (κ2) is 9.73. The van der Waals surface area contributed by atoms with Gasteiger partial charge in [0, 0.05) is 38.0 Å². The molecule has 30 heavy (non-hydrogen) atoms. The molecule has 1 heterocycles. The van der Waals surface area contributed by atoms with E-state index in [0.717, 1.165) is 34.3 Å². The molecule has 2 N–H and O–H groups in total. The number of carbonyl (C=O) groups is 1. The normalized spacial score (nSPS) is 10.4. The van der Waals surface area contributed by atoms with Gasteiger partial charge in [-0.2, -0.15) is 0 Å². The Labute approximate surface area is 177 Å². The van der Waals surface area contributed by atoms with E-state index in [2.05, 4.69) is 20.6 Å². The summed E-state index contributed by atoms with van der Waals surface area (Å²) < 4.78 is 5.15. The molecule has 0 bridgehead atoms. The monoisotopic (exact) mass is 405 g/mol. The van der Waals surface area contributed by atoms with E-state index < -0.39 is 0 Å². The first-order valence-corrected chi connectivity index (χ1v) is 9.76. The van der Waals surface area contributed by atoms with E-state index in [4.69, 9.17) is 4.74 Å². The number of hydrogen-bond donors (Lipinski definition) is 2. The lowest BCUT2D eigenvalue weighted by Gasteiger charge is -2.14. The first kappa shape index (κ1) is 21.1. The maximum Gasteiger partial charge on any atom is 0.224 e. The van der Waals surface area contributed by atoms with Crippen LogP contribution in [-0.4, -0.2) is 37.1 Å². The lowest BCUT2D eigenvalue weighted by Crippen LogP contribution is -2.13. The summed E-state index contributed by atoms with van der Waals surface area (Å²) in [6.07, 6.45) is 1.09. The van der Waals surface area contributed by atoms with Crippen LogP contribution in [0.15, 0.2) is 54.6 Å². The quantitative estimate of drug-likeness (QED) is 0.585. The number of aryl methyl sites for hydroxylation is 2. The van der Waals surface area contributed by atoms with Gasteiger partial charge in [0.2, 0.25) is 5.91 Å². The molecule has 0 saturated heterocycles. The molecule has 0 aliphatic rings. The molecule has 2 aromatic carbocycles. The van der Waals surface area contributed by atoms with Crippen molar-refractivity contribution in [1.82, 2.24) is 9.97 Å². The van der Waals surface area contributed by atoms with Gasteiger partial charge in [0.1, 0.15) is 23.2 Å². The number of aromatic nitrogens is 2. The molecule has 3 aromatic rings. The fraction of sp³-hybridized carbons (Fsp3) is 0.261. The Bertz CT molecular complexity index is 985. The second-order valence-corrected chi connectivity index (χ2v) is 7.15. The maximum atomic E-state index is 12.3. The highest BCUT2D eigenvalue weighted by molar-refractivity contribution is 5.91. The van der Waals surface area contributed by atoms with E-state index in [9.17, 15) is 4.79 Å². The first-order valence-electron chi connectivity index (χ1n) is 9.76. The van der Waals surface area contributed by atoms with E-state index in [0.29, 0.717) is 18.7 Å². The highest BCUT2D eigenvalue weighted by Gasteiger charge is 2.06. The van der Waals surface area contributed by atoms with Crippen molar-refractivity contribution in [3.8, 4) is 5.75 Å². The SMILES string of the molecule is COc1ccc(CCC(=O)Nc2ccc(Nc3cc(N(C)C)nc(C)n3)cc2)cc1. The summed E-state index contributed by atoms with van der Waals surface area (Å²) in [7, 11) is 5.52. The predicted octanol–water partition coefficient (Wildman–Crippen LogP) is 4.17. The van der Waals surface area contributed by atoms with E-state index in [1.54, 1.807) is 7.11 Å². The number of ether oxygens (including phenoxy) is 1. The summed E-state index contributed by atoms with van der Waals surface area (Å²) in [6, 6.07) is 17.2. The molecule has 156 valence electrons. The lowest BCUT2D eigenvalue weighted by molar-refractivity contribution is -0.116. The van der Waals surface area contributed by atoms with Crippen LogP contribution < -0.4 is 20.3 Å². The average molecular weight is 406 g/mol. The molecule has 0 unspecified atom stereocenters. The Kier molecular flexibility index (Phi) is 6.85. The number of amides is 1. The van der Waals surface area contributed by atoms with E-state index in [-0.39, 0.29) is 5.91 Å². The molecule has 0 atom stereocenters. The zero-order chi connectivity index (χ0) is 21.5. The Morgan fingerprint density at radius 2 is 1.67 bits per heavy atom. The number of benzene rings is 2. The molecule has 7 nitrogen and oxygen atoms in total. The topological polar surface area (TPSA) is 79.4 Å². The van der Waals surface area contributed by atoms with Crippen molar-refractivity contribution in [2.45, 2.75) is 19.8 Å². The van der Waals surface area contributed by atoms with Gasteiger partial charge < -0.3 is 20.3 Å². The third-order valence-corrected chi connectivity index (χ3v) is 4.52. The van der Waals surface area contributed by atoms with Crippen molar-refractivity contribution < 1.29 is 9.53 Å².